The van der Waals surface area contributed by atoms with E-state index in [4.69, 9.17) is 18.0 Å². The standard InChI is InChI=1S/C14H17F3N2S2/c1-21-12-4-2-3-11(12)19-8-5-6-10(14(15,16)17)9(7-8)13(18)20/h5-7,11-12,19H,2-4H2,1H3,(H2,18,20). The molecule has 1 aliphatic carbocycles. The molecule has 7 heteroatoms. The lowest BCUT2D eigenvalue weighted by Crippen LogP contribution is -2.26. The minimum Gasteiger partial charge on any atom is -0.389 e. The lowest BCUT2D eigenvalue weighted by molar-refractivity contribution is -0.137. The monoisotopic (exact) mass is 334 g/mol. The van der Waals surface area contributed by atoms with Gasteiger partial charge in [-0.1, -0.05) is 18.6 Å². The average Bonchev–Trinajstić information content (AvgIpc) is 2.84. The Balaban J connectivity index is 2.26. The van der Waals surface area contributed by atoms with E-state index in [0.29, 0.717) is 10.9 Å². The maximum atomic E-state index is 12.9. The number of nitrogens with one attached hydrogen (secondary N) is 1. The van der Waals surface area contributed by atoms with E-state index >= 15 is 0 Å². The second kappa shape index (κ2) is 6.44. The summed E-state index contributed by atoms with van der Waals surface area (Å²) in [5, 5.41) is 3.80. The number of benzene rings is 1. The van der Waals surface area contributed by atoms with Gasteiger partial charge in [-0.25, -0.2) is 0 Å². The number of rotatable bonds is 4. The molecule has 0 heterocycles. The Morgan fingerprint density at radius 3 is 2.67 bits per heavy atom. The molecule has 0 radical (unpaired) electrons. The lowest BCUT2D eigenvalue weighted by atomic mass is 10.1. The minimum atomic E-state index is -4.45. The van der Waals surface area contributed by atoms with E-state index in [1.54, 1.807) is 11.8 Å². The van der Waals surface area contributed by atoms with E-state index in [-0.39, 0.29) is 16.6 Å². The van der Waals surface area contributed by atoms with Gasteiger partial charge in [-0.3, -0.25) is 0 Å². The van der Waals surface area contributed by atoms with E-state index in [1.165, 1.54) is 12.1 Å². The first kappa shape index (κ1) is 16.4. The largest absolute Gasteiger partial charge is 0.417 e. The van der Waals surface area contributed by atoms with Gasteiger partial charge in [0, 0.05) is 22.5 Å². The normalized spacial score (nSPS) is 22.3. The third kappa shape index (κ3) is 3.83. The molecule has 116 valence electrons. The van der Waals surface area contributed by atoms with Crippen molar-refractivity contribution >= 4 is 34.7 Å². The van der Waals surface area contributed by atoms with Crippen molar-refractivity contribution in [3.05, 3.63) is 29.3 Å². The van der Waals surface area contributed by atoms with Crippen LogP contribution in [0.4, 0.5) is 18.9 Å². The van der Waals surface area contributed by atoms with Crippen molar-refractivity contribution in [2.75, 3.05) is 11.6 Å². The molecule has 2 unspecified atom stereocenters. The number of hydrogen-bond acceptors (Lipinski definition) is 3. The van der Waals surface area contributed by atoms with Gasteiger partial charge >= 0.3 is 6.18 Å². The molecule has 1 saturated carbocycles. The van der Waals surface area contributed by atoms with Gasteiger partial charge in [-0.2, -0.15) is 24.9 Å². The van der Waals surface area contributed by atoms with Crippen molar-refractivity contribution in [3.8, 4) is 0 Å². The number of thiocarbonyl (C=S) groups is 1. The Morgan fingerprint density at radius 2 is 2.10 bits per heavy atom. The Morgan fingerprint density at radius 1 is 1.38 bits per heavy atom. The number of alkyl halides is 3. The lowest BCUT2D eigenvalue weighted by Gasteiger charge is -2.21. The molecule has 0 amide bonds. The first-order valence-corrected chi connectivity index (χ1v) is 8.33. The molecule has 0 bridgehead atoms. The van der Waals surface area contributed by atoms with Crippen LogP contribution in [0.5, 0.6) is 0 Å². The molecule has 1 fully saturated rings. The molecule has 0 spiro atoms. The van der Waals surface area contributed by atoms with Crippen LogP contribution in [0.15, 0.2) is 18.2 Å². The second-order valence-electron chi connectivity index (χ2n) is 5.08. The minimum absolute atomic E-state index is 0.124. The third-order valence-corrected chi connectivity index (χ3v) is 5.09. The summed E-state index contributed by atoms with van der Waals surface area (Å²) in [6.45, 7) is 0. The van der Waals surface area contributed by atoms with E-state index in [2.05, 4.69) is 11.6 Å². The molecule has 1 aromatic carbocycles. The van der Waals surface area contributed by atoms with Crippen molar-refractivity contribution in [2.24, 2.45) is 5.73 Å². The maximum Gasteiger partial charge on any atom is 0.417 e. The van der Waals surface area contributed by atoms with Crippen molar-refractivity contribution in [1.29, 1.82) is 0 Å². The van der Waals surface area contributed by atoms with Crippen LogP contribution >= 0.6 is 24.0 Å². The predicted molar refractivity (Wildman–Crippen MR) is 85.9 cm³/mol. The van der Waals surface area contributed by atoms with Crippen molar-refractivity contribution in [1.82, 2.24) is 0 Å². The van der Waals surface area contributed by atoms with Gasteiger partial charge in [0.2, 0.25) is 0 Å². The van der Waals surface area contributed by atoms with Gasteiger partial charge in [0.15, 0.2) is 0 Å². The van der Waals surface area contributed by atoms with Gasteiger partial charge in [-0.15, -0.1) is 0 Å². The van der Waals surface area contributed by atoms with Crippen molar-refractivity contribution in [2.45, 2.75) is 36.7 Å². The van der Waals surface area contributed by atoms with E-state index in [1.807, 2.05) is 0 Å². The van der Waals surface area contributed by atoms with Gasteiger partial charge in [-0.05, 0) is 37.3 Å². The van der Waals surface area contributed by atoms with Crippen LogP contribution in [0.25, 0.3) is 0 Å². The molecule has 1 aliphatic rings. The summed E-state index contributed by atoms with van der Waals surface area (Å²) in [4.78, 5) is -0.237. The number of halogens is 3. The molecule has 0 saturated heterocycles. The fraction of sp³-hybridized carbons (Fsp3) is 0.500. The predicted octanol–water partition coefficient (Wildman–Crippen LogP) is 4.04. The Hall–Kier alpha value is -0.950. The molecule has 0 aromatic heterocycles. The smallest absolute Gasteiger partial charge is 0.389 e. The van der Waals surface area contributed by atoms with E-state index < -0.39 is 11.7 Å². The molecule has 2 atom stereocenters. The molecular weight excluding hydrogens is 317 g/mol. The van der Waals surface area contributed by atoms with E-state index in [9.17, 15) is 13.2 Å². The van der Waals surface area contributed by atoms with Crippen LogP contribution in [0, 0.1) is 0 Å². The zero-order valence-corrected chi connectivity index (χ0v) is 13.2. The summed E-state index contributed by atoms with van der Waals surface area (Å²) in [5.74, 6) is 0. The number of hydrogen-bond donors (Lipinski definition) is 2. The summed E-state index contributed by atoms with van der Waals surface area (Å²) < 4.78 is 38.8. The fourth-order valence-corrected chi connectivity index (χ4v) is 3.78. The molecule has 3 N–H and O–H groups in total. The van der Waals surface area contributed by atoms with Crippen LogP contribution in [-0.4, -0.2) is 22.5 Å². The Kier molecular flexibility index (Phi) is 5.03. The van der Waals surface area contributed by atoms with E-state index in [0.717, 1.165) is 25.3 Å². The SMILES string of the molecule is CSC1CCCC1Nc1ccc(C(F)(F)F)c(C(N)=S)c1. The summed E-state index contributed by atoms with van der Waals surface area (Å²) in [7, 11) is 0. The first-order chi connectivity index (χ1) is 9.82. The highest BCUT2D eigenvalue weighted by molar-refractivity contribution is 7.99. The highest BCUT2D eigenvalue weighted by atomic mass is 32.2. The van der Waals surface area contributed by atoms with Gasteiger partial charge in [0.1, 0.15) is 4.99 Å². The Labute approximate surface area is 131 Å². The second-order valence-corrected chi connectivity index (χ2v) is 6.59. The molecule has 0 aliphatic heterocycles. The van der Waals surface area contributed by atoms with Crippen LogP contribution in [-0.2, 0) is 6.18 Å². The molecule has 2 nitrogen and oxygen atoms in total. The summed E-state index contributed by atoms with van der Waals surface area (Å²) >= 11 is 6.54. The van der Waals surface area contributed by atoms with Gasteiger partial charge in [0.25, 0.3) is 0 Å². The van der Waals surface area contributed by atoms with Crippen LogP contribution in [0.3, 0.4) is 0 Å². The van der Waals surface area contributed by atoms with Gasteiger partial charge < -0.3 is 11.1 Å². The molecule has 1 aromatic rings. The Bertz CT molecular complexity index is 531. The van der Waals surface area contributed by atoms with Gasteiger partial charge in [0.05, 0.1) is 5.56 Å². The van der Waals surface area contributed by atoms with Crippen LogP contribution in [0.2, 0.25) is 0 Å². The van der Waals surface area contributed by atoms with Crippen molar-refractivity contribution < 1.29 is 13.2 Å². The van der Waals surface area contributed by atoms with Crippen LogP contribution < -0.4 is 11.1 Å². The van der Waals surface area contributed by atoms with Crippen molar-refractivity contribution in [3.63, 3.8) is 0 Å². The highest BCUT2D eigenvalue weighted by Crippen LogP contribution is 2.35. The first-order valence-electron chi connectivity index (χ1n) is 6.63. The highest BCUT2D eigenvalue weighted by Gasteiger charge is 2.34. The summed E-state index contributed by atoms with van der Waals surface area (Å²) in [5.41, 5.74) is 5.17. The maximum absolute atomic E-state index is 12.9. The van der Waals surface area contributed by atoms with Crippen LogP contribution in [0.1, 0.15) is 30.4 Å². The number of anilines is 1. The topological polar surface area (TPSA) is 38.0 Å². The zero-order chi connectivity index (χ0) is 15.6. The number of thioether (sulfide) groups is 1. The molecule has 21 heavy (non-hydrogen) atoms. The zero-order valence-electron chi connectivity index (χ0n) is 11.5. The quantitative estimate of drug-likeness (QED) is 0.815. The number of nitrogens with two attached hydrogens (primary N) is 1. The average molecular weight is 334 g/mol. The molecule has 2 rings (SSSR count). The molecular formula is C14H17F3N2S2. The fourth-order valence-electron chi connectivity index (χ4n) is 2.67. The summed E-state index contributed by atoms with van der Waals surface area (Å²) in [6, 6.07) is 4.16. The third-order valence-electron chi connectivity index (χ3n) is 3.70. The summed E-state index contributed by atoms with van der Waals surface area (Å²) in [6.07, 6.45) is 0.882.